The molecule has 0 spiro atoms. The SMILES string of the molecule is COc1ccc(Br)c(C(O)Cc2cc(F)ccc2C)c1. The Balaban J connectivity index is 2.27. The van der Waals surface area contributed by atoms with Crippen LogP contribution in [0, 0.1) is 12.7 Å². The van der Waals surface area contributed by atoms with Gasteiger partial charge in [0.2, 0.25) is 0 Å². The van der Waals surface area contributed by atoms with Gasteiger partial charge in [0.1, 0.15) is 11.6 Å². The molecule has 0 fully saturated rings. The minimum atomic E-state index is -0.722. The number of methoxy groups -OCH3 is 1. The van der Waals surface area contributed by atoms with Crippen LogP contribution in [0.15, 0.2) is 40.9 Å². The van der Waals surface area contributed by atoms with E-state index in [9.17, 15) is 9.50 Å². The summed E-state index contributed by atoms with van der Waals surface area (Å²) in [5, 5.41) is 10.4. The summed E-state index contributed by atoms with van der Waals surface area (Å²) >= 11 is 3.42. The highest BCUT2D eigenvalue weighted by molar-refractivity contribution is 9.10. The monoisotopic (exact) mass is 338 g/mol. The van der Waals surface area contributed by atoms with Crippen molar-refractivity contribution in [1.29, 1.82) is 0 Å². The molecule has 2 aromatic rings. The first-order valence-corrected chi connectivity index (χ1v) is 7.07. The summed E-state index contributed by atoms with van der Waals surface area (Å²) in [7, 11) is 1.58. The van der Waals surface area contributed by atoms with Gasteiger partial charge in [-0.25, -0.2) is 4.39 Å². The fourth-order valence-electron chi connectivity index (χ4n) is 2.08. The molecule has 0 saturated carbocycles. The van der Waals surface area contributed by atoms with Gasteiger partial charge in [-0.1, -0.05) is 22.0 Å². The Morgan fingerprint density at radius 3 is 2.70 bits per heavy atom. The average molecular weight is 339 g/mol. The van der Waals surface area contributed by atoms with Gasteiger partial charge < -0.3 is 9.84 Å². The molecule has 0 radical (unpaired) electrons. The fraction of sp³-hybridized carbons (Fsp3) is 0.250. The van der Waals surface area contributed by atoms with Crippen molar-refractivity contribution in [2.24, 2.45) is 0 Å². The van der Waals surface area contributed by atoms with E-state index >= 15 is 0 Å². The van der Waals surface area contributed by atoms with Crippen LogP contribution in [0.4, 0.5) is 4.39 Å². The normalized spacial score (nSPS) is 12.2. The molecule has 0 aliphatic heterocycles. The summed E-state index contributed by atoms with van der Waals surface area (Å²) in [6, 6.07) is 10.0. The highest BCUT2D eigenvalue weighted by Crippen LogP contribution is 2.30. The van der Waals surface area contributed by atoms with Crippen LogP contribution < -0.4 is 4.74 Å². The lowest BCUT2D eigenvalue weighted by Gasteiger charge is -2.15. The van der Waals surface area contributed by atoms with E-state index in [-0.39, 0.29) is 5.82 Å². The number of benzene rings is 2. The maximum Gasteiger partial charge on any atom is 0.123 e. The molecule has 0 aliphatic carbocycles. The van der Waals surface area contributed by atoms with Crippen molar-refractivity contribution in [1.82, 2.24) is 0 Å². The minimum Gasteiger partial charge on any atom is -0.497 e. The molecule has 1 atom stereocenters. The van der Waals surface area contributed by atoms with E-state index in [0.29, 0.717) is 12.2 Å². The van der Waals surface area contributed by atoms with Gasteiger partial charge in [-0.05, 0) is 53.9 Å². The number of hydrogen-bond donors (Lipinski definition) is 1. The summed E-state index contributed by atoms with van der Waals surface area (Å²) in [6.45, 7) is 1.90. The summed E-state index contributed by atoms with van der Waals surface area (Å²) in [5.41, 5.74) is 2.49. The molecule has 1 N–H and O–H groups in total. The van der Waals surface area contributed by atoms with Crippen LogP contribution >= 0.6 is 15.9 Å². The fourth-order valence-corrected chi connectivity index (χ4v) is 2.59. The average Bonchev–Trinajstić information content (AvgIpc) is 2.43. The number of rotatable bonds is 4. The van der Waals surface area contributed by atoms with Crippen molar-refractivity contribution in [3.05, 3.63) is 63.4 Å². The largest absolute Gasteiger partial charge is 0.497 e. The molecule has 2 nitrogen and oxygen atoms in total. The van der Waals surface area contributed by atoms with Gasteiger partial charge in [-0.15, -0.1) is 0 Å². The van der Waals surface area contributed by atoms with E-state index in [4.69, 9.17) is 4.74 Å². The third-order valence-electron chi connectivity index (χ3n) is 3.29. The molecule has 2 aromatic carbocycles. The Morgan fingerprint density at radius 1 is 1.25 bits per heavy atom. The number of aryl methyl sites for hydroxylation is 1. The lowest BCUT2D eigenvalue weighted by Crippen LogP contribution is -2.05. The van der Waals surface area contributed by atoms with Crippen molar-refractivity contribution in [2.75, 3.05) is 7.11 Å². The molecule has 20 heavy (non-hydrogen) atoms. The van der Waals surface area contributed by atoms with Crippen LogP contribution in [0.1, 0.15) is 22.8 Å². The van der Waals surface area contributed by atoms with E-state index < -0.39 is 6.10 Å². The Kier molecular flexibility index (Phi) is 4.78. The van der Waals surface area contributed by atoms with Gasteiger partial charge in [0.05, 0.1) is 13.2 Å². The number of hydrogen-bond acceptors (Lipinski definition) is 2. The van der Waals surface area contributed by atoms with Gasteiger partial charge in [-0.3, -0.25) is 0 Å². The molecule has 0 heterocycles. The molecule has 0 aliphatic rings. The first-order chi connectivity index (χ1) is 9.51. The van der Waals surface area contributed by atoms with E-state index in [1.165, 1.54) is 12.1 Å². The van der Waals surface area contributed by atoms with Gasteiger partial charge in [-0.2, -0.15) is 0 Å². The van der Waals surface area contributed by atoms with Crippen LogP contribution in [-0.2, 0) is 6.42 Å². The molecule has 0 bridgehead atoms. The zero-order chi connectivity index (χ0) is 14.7. The maximum absolute atomic E-state index is 13.3. The predicted octanol–water partition coefficient (Wildman–Crippen LogP) is 4.18. The summed E-state index contributed by atoms with van der Waals surface area (Å²) < 4.78 is 19.3. The van der Waals surface area contributed by atoms with Gasteiger partial charge in [0.15, 0.2) is 0 Å². The van der Waals surface area contributed by atoms with Gasteiger partial charge in [0, 0.05) is 10.9 Å². The molecule has 4 heteroatoms. The van der Waals surface area contributed by atoms with Crippen LogP contribution in [0.5, 0.6) is 5.75 Å². The van der Waals surface area contributed by atoms with Crippen LogP contribution in [0.3, 0.4) is 0 Å². The van der Waals surface area contributed by atoms with Gasteiger partial charge in [0.25, 0.3) is 0 Å². The zero-order valence-corrected chi connectivity index (χ0v) is 12.9. The molecular formula is C16H16BrFO2. The standard InChI is InChI=1S/C16H16BrFO2/c1-10-3-4-12(18)7-11(10)8-16(19)14-9-13(20-2)5-6-15(14)17/h3-7,9,16,19H,8H2,1-2H3. The Labute approximate surface area is 126 Å². The highest BCUT2D eigenvalue weighted by atomic mass is 79.9. The van der Waals surface area contributed by atoms with E-state index in [2.05, 4.69) is 15.9 Å². The van der Waals surface area contributed by atoms with Crippen molar-refractivity contribution < 1.29 is 14.2 Å². The quantitative estimate of drug-likeness (QED) is 0.905. The lowest BCUT2D eigenvalue weighted by molar-refractivity contribution is 0.177. The number of ether oxygens (including phenoxy) is 1. The molecular weight excluding hydrogens is 323 g/mol. The number of halogens is 2. The molecule has 1 unspecified atom stereocenters. The summed E-state index contributed by atoms with van der Waals surface area (Å²) in [4.78, 5) is 0. The Hall–Kier alpha value is -1.39. The van der Waals surface area contributed by atoms with Crippen molar-refractivity contribution in [2.45, 2.75) is 19.4 Å². The summed E-state index contributed by atoms with van der Waals surface area (Å²) in [5.74, 6) is 0.390. The smallest absolute Gasteiger partial charge is 0.123 e. The van der Waals surface area contributed by atoms with Crippen molar-refractivity contribution in [3.8, 4) is 5.75 Å². The van der Waals surface area contributed by atoms with Crippen LogP contribution in [0.2, 0.25) is 0 Å². The molecule has 2 rings (SSSR count). The first-order valence-electron chi connectivity index (χ1n) is 6.28. The Bertz CT molecular complexity index is 613. The second-order valence-electron chi connectivity index (χ2n) is 4.68. The highest BCUT2D eigenvalue weighted by Gasteiger charge is 2.15. The van der Waals surface area contributed by atoms with Crippen LogP contribution in [0.25, 0.3) is 0 Å². The van der Waals surface area contributed by atoms with Crippen molar-refractivity contribution >= 4 is 15.9 Å². The number of aliphatic hydroxyl groups excluding tert-OH is 1. The second kappa shape index (κ2) is 6.37. The van der Waals surface area contributed by atoms with Crippen LogP contribution in [-0.4, -0.2) is 12.2 Å². The summed E-state index contributed by atoms with van der Waals surface area (Å²) in [6.07, 6.45) is -0.366. The predicted molar refractivity (Wildman–Crippen MR) is 80.5 cm³/mol. The third kappa shape index (κ3) is 3.38. The van der Waals surface area contributed by atoms with Gasteiger partial charge >= 0.3 is 0 Å². The third-order valence-corrected chi connectivity index (χ3v) is 4.01. The Morgan fingerprint density at radius 2 is 2.00 bits per heavy atom. The lowest BCUT2D eigenvalue weighted by atomic mass is 9.98. The zero-order valence-electron chi connectivity index (χ0n) is 11.4. The second-order valence-corrected chi connectivity index (χ2v) is 5.53. The molecule has 0 saturated heterocycles. The van der Waals surface area contributed by atoms with E-state index in [1.807, 2.05) is 19.1 Å². The first kappa shape index (κ1) is 15.0. The van der Waals surface area contributed by atoms with E-state index in [0.717, 1.165) is 21.2 Å². The van der Waals surface area contributed by atoms with Crippen molar-refractivity contribution in [3.63, 3.8) is 0 Å². The molecule has 106 valence electrons. The topological polar surface area (TPSA) is 29.5 Å². The molecule has 0 aromatic heterocycles. The van der Waals surface area contributed by atoms with E-state index in [1.54, 1.807) is 19.2 Å². The minimum absolute atomic E-state index is 0.289. The molecule has 0 amide bonds. The maximum atomic E-state index is 13.3. The number of aliphatic hydroxyl groups is 1.